The maximum absolute atomic E-state index is 10.2. The summed E-state index contributed by atoms with van der Waals surface area (Å²) in [5, 5.41) is 0. The number of carbonyl (C=O) groups excluding carboxylic acids is 1. The summed E-state index contributed by atoms with van der Waals surface area (Å²) >= 11 is 0. The fourth-order valence-electron chi connectivity index (χ4n) is 0.844. The van der Waals surface area contributed by atoms with Crippen LogP contribution in [0.2, 0.25) is 0 Å². The zero-order chi connectivity index (χ0) is 6.04. The highest BCUT2D eigenvalue weighted by molar-refractivity contribution is 5.72. The zero-order valence-corrected chi connectivity index (χ0v) is 5.05. The van der Waals surface area contributed by atoms with Crippen LogP contribution in [0.1, 0.15) is 19.8 Å². The Morgan fingerprint density at radius 1 is 1.62 bits per heavy atom. The molecule has 1 rings (SSSR count). The molecule has 0 amide bonds. The molecule has 0 saturated carbocycles. The van der Waals surface area contributed by atoms with Crippen LogP contribution >= 0.6 is 0 Å². The van der Waals surface area contributed by atoms with Crippen LogP contribution in [-0.2, 0) is 4.79 Å². The van der Waals surface area contributed by atoms with Crippen LogP contribution in [0.5, 0.6) is 0 Å². The molecule has 1 aliphatic carbocycles. The number of hydrogen-bond donors (Lipinski definition) is 0. The summed E-state index contributed by atoms with van der Waals surface area (Å²) in [6.07, 6.45) is 7.03. The Bertz CT molecular complexity index is 118. The third-order valence-electron chi connectivity index (χ3n) is 1.50. The van der Waals surface area contributed by atoms with Crippen LogP contribution in [0.4, 0.5) is 0 Å². The molecule has 0 unspecified atom stereocenters. The summed E-state index contributed by atoms with van der Waals surface area (Å²) in [5.41, 5.74) is -0.0885. The van der Waals surface area contributed by atoms with Gasteiger partial charge in [-0.3, -0.25) is 0 Å². The second-order valence-electron chi connectivity index (χ2n) is 2.31. The standard InChI is InChI=1S/C7H10O/c1-2-3-7(6-8)4-5-7/h4-6H,2-3H2,1H3. The van der Waals surface area contributed by atoms with Gasteiger partial charge in [-0.15, -0.1) is 0 Å². The highest BCUT2D eigenvalue weighted by Crippen LogP contribution is 2.36. The van der Waals surface area contributed by atoms with Crippen LogP contribution in [0.15, 0.2) is 12.2 Å². The predicted molar refractivity (Wildman–Crippen MR) is 32.5 cm³/mol. The molecule has 8 heavy (non-hydrogen) atoms. The zero-order valence-electron chi connectivity index (χ0n) is 5.05. The van der Waals surface area contributed by atoms with Gasteiger partial charge in [-0.25, -0.2) is 0 Å². The summed E-state index contributed by atoms with van der Waals surface area (Å²) in [7, 11) is 0. The van der Waals surface area contributed by atoms with Gasteiger partial charge in [0.1, 0.15) is 6.29 Å². The first-order chi connectivity index (χ1) is 3.83. The van der Waals surface area contributed by atoms with E-state index < -0.39 is 0 Å². The molecule has 0 bridgehead atoms. The maximum atomic E-state index is 10.2. The molecule has 1 aliphatic rings. The van der Waals surface area contributed by atoms with E-state index in [4.69, 9.17) is 0 Å². The maximum Gasteiger partial charge on any atom is 0.133 e. The van der Waals surface area contributed by atoms with E-state index in [1.54, 1.807) is 0 Å². The lowest BCUT2D eigenvalue weighted by Gasteiger charge is -2.01. The Labute approximate surface area is 49.4 Å². The molecule has 0 fully saturated rings. The van der Waals surface area contributed by atoms with Gasteiger partial charge in [0, 0.05) is 0 Å². The highest BCUT2D eigenvalue weighted by atomic mass is 16.1. The molecule has 0 spiro atoms. The summed E-state index contributed by atoms with van der Waals surface area (Å²) in [4.78, 5) is 10.2. The van der Waals surface area contributed by atoms with Gasteiger partial charge in [0.2, 0.25) is 0 Å². The summed E-state index contributed by atoms with van der Waals surface area (Å²) in [6.45, 7) is 2.09. The van der Waals surface area contributed by atoms with Crippen LogP contribution in [0, 0.1) is 5.41 Å². The number of carbonyl (C=O) groups is 1. The summed E-state index contributed by atoms with van der Waals surface area (Å²) in [5.74, 6) is 0. The predicted octanol–water partition coefficient (Wildman–Crippen LogP) is 1.54. The van der Waals surface area contributed by atoms with Crippen molar-refractivity contribution in [3.63, 3.8) is 0 Å². The molecule has 44 valence electrons. The molecule has 0 heterocycles. The van der Waals surface area contributed by atoms with Crippen LogP contribution in [0.25, 0.3) is 0 Å². The Kier molecular flexibility index (Phi) is 1.20. The van der Waals surface area contributed by atoms with E-state index in [1.807, 2.05) is 12.2 Å². The van der Waals surface area contributed by atoms with Gasteiger partial charge in [0.05, 0.1) is 5.41 Å². The Balaban J connectivity index is 2.31. The first-order valence-corrected chi connectivity index (χ1v) is 3.00. The molecule has 0 aromatic heterocycles. The van der Waals surface area contributed by atoms with E-state index in [-0.39, 0.29) is 5.41 Å². The minimum atomic E-state index is -0.0885. The number of aldehydes is 1. The number of rotatable bonds is 3. The molecule has 1 nitrogen and oxygen atoms in total. The molecule has 1 heteroatoms. The average Bonchev–Trinajstić information content (AvgIpc) is 2.50. The number of hydrogen-bond acceptors (Lipinski definition) is 1. The van der Waals surface area contributed by atoms with Crippen molar-refractivity contribution >= 4 is 6.29 Å². The van der Waals surface area contributed by atoms with Crippen molar-refractivity contribution in [2.24, 2.45) is 5.41 Å². The lowest BCUT2D eigenvalue weighted by molar-refractivity contribution is -0.111. The van der Waals surface area contributed by atoms with Crippen molar-refractivity contribution in [1.29, 1.82) is 0 Å². The van der Waals surface area contributed by atoms with Gasteiger partial charge in [-0.1, -0.05) is 25.5 Å². The molecule has 0 atom stereocenters. The van der Waals surface area contributed by atoms with E-state index >= 15 is 0 Å². The van der Waals surface area contributed by atoms with E-state index in [0.717, 1.165) is 19.1 Å². The molecule has 0 aromatic rings. The molecular formula is C7H10O. The second kappa shape index (κ2) is 1.73. The van der Waals surface area contributed by atoms with Gasteiger partial charge in [0.15, 0.2) is 0 Å². The van der Waals surface area contributed by atoms with Crippen molar-refractivity contribution in [2.75, 3.05) is 0 Å². The van der Waals surface area contributed by atoms with Crippen molar-refractivity contribution in [3.8, 4) is 0 Å². The van der Waals surface area contributed by atoms with Crippen molar-refractivity contribution in [3.05, 3.63) is 12.2 Å². The van der Waals surface area contributed by atoms with Gasteiger partial charge in [-0.2, -0.15) is 0 Å². The van der Waals surface area contributed by atoms with Crippen molar-refractivity contribution in [1.82, 2.24) is 0 Å². The fourth-order valence-corrected chi connectivity index (χ4v) is 0.844. The average molecular weight is 110 g/mol. The number of allylic oxidation sites excluding steroid dienone is 2. The third-order valence-corrected chi connectivity index (χ3v) is 1.50. The topological polar surface area (TPSA) is 17.1 Å². The summed E-state index contributed by atoms with van der Waals surface area (Å²) < 4.78 is 0. The monoisotopic (exact) mass is 110 g/mol. The van der Waals surface area contributed by atoms with Crippen molar-refractivity contribution < 1.29 is 4.79 Å². The Morgan fingerprint density at radius 3 is 2.38 bits per heavy atom. The van der Waals surface area contributed by atoms with Crippen LogP contribution < -0.4 is 0 Å². The largest absolute Gasteiger partial charge is 0.302 e. The Hall–Kier alpha value is -0.590. The van der Waals surface area contributed by atoms with Gasteiger partial charge < -0.3 is 4.79 Å². The third kappa shape index (κ3) is 0.808. The minimum absolute atomic E-state index is 0.0885. The molecule has 0 saturated heterocycles. The molecule has 0 radical (unpaired) electrons. The quantitative estimate of drug-likeness (QED) is 0.398. The van der Waals surface area contributed by atoms with E-state index in [1.165, 1.54) is 0 Å². The Morgan fingerprint density at radius 2 is 2.25 bits per heavy atom. The van der Waals surface area contributed by atoms with Crippen LogP contribution in [-0.4, -0.2) is 6.29 Å². The molecular weight excluding hydrogens is 100 g/mol. The van der Waals surface area contributed by atoms with Crippen LogP contribution in [0.3, 0.4) is 0 Å². The van der Waals surface area contributed by atoms with Gasteiger partial charge in [-0.05, 0) is 6.42 Å². The summed E-state index contributed by atoms with van der Waals surface area (Å²) in [6, 6.07) is 0. The minimum Gasteiger partial charge on any atom is -0.302 e. The normalized spacial score (nSPS) is 20.6. The van der Waals surface area contributed by atoms with E-state index in [0.29, 0.717) is 0 Å². The first kappa shape index (κ1) is 5.54. The smallest absolute Gasteiger partial charge is 0.133 e. The fraction of sp³-hybridized carbons (Fsp3) is 0.571. The van der Waals surface area contributed by atoms with Gasteiger partial charge in [0.25, 0.3) is 0 Å². The second-order valence-corrected chi connectivity index (χ2v) is 2.31. The first-order valence-electron chi connectivity index (χ1n) is 3.00. The SMILES string of the molecule is CCCC1(C=O)C=C1. The lowest BCUT2D eigenvalue weighted by atomic mass is 10.0. The van der Waals surface area contributed by atoms with Gasteiger partial charge >= 0.3 is 0 Å². The highest BCUT2D eigenvalue weighted by Gasteiger charge is 2.31. The lowest BCUT2D eigenvalue weighted by Crippen LogP contribution is -2.01. The van der Waals surface area contributed by atoms with E-state index in [2.05, 4.69) is 6.92 Å². The molecule has 0 N–H and O–H groups in total. The van der Waals surface area contributed by atoms with E-state index in [9.17, 15) is 4.79 Å². The molecule has 0 aromatic carbocycles. The van der Waals surface area contributed by atoms with Crippen molar-refractivity contribution in [2.45, 2.75) is 19.8 Å². The molecule has 0 aliphatic heterocycles.